The van der Waals surface area contributed by atoms with Gasteiger partial charge in [0.2, 0.25) is 11.7 Å². The summed E-state index contributed by atoms with van der Waals surface area (Å²) in [5.74, 6) is -5.29. The summed E-state index contributed by atoms with van der Waals surface area (Å²) in [6.07, 6.45) is 0.379. The van der Waals surface area contributed by atoms with Crippen molar-refractivity contribution >= 4 is 47.4 Å². The number of carbonyl (C=O) groups is 6. The van der Waals surface area contributed by atoms with Crippen LogP contribution in [0.25, 0.3) is 0 Å². The van der Waals surface area contributed by atoms with Crippen LogP contribution in [-0.2, 0) is 28.7 Å². The van der Waals surface area contributed by atoms with E-state index in [1.54, 1.807) is 0 Å². The number of nitrogens with one attached hydrogen (secondary N) is 1. The first-order valence-corrected chi connectivity index (χ1v) is 10.7. The Morgan fingerprint density at radius 3 is 2.32 bits per heavy atom. The van der Waals surface area contributed by atoms with Crippen molar-refractivity contribution in [2.75, 3.05) is 25.2 Å². The number of ether oxygens (including phenoxy) is 1. The minimum atomic E-state index is -1.55. The number of ketones is 1. The summed E-state index contributed by atoms with van der Waals surface area (Å²) in [5, 5.41) is 20.0. The third kappa shape index (κ3) is 11.9. The standard InChI is InChI=1S/C18H29N3O9S/c1-3-4-5-8-30-17(27)13(22)10-31-9-12(15(24)21(2)18(28)29)20-14(23)7-6-11(19)16(25)26/h11-12H,3-10,19H2,1-2H3,(H,20,23)(H,25,26)(H,28,29). The summed E-state index contributed by atoms with van der Waals surface area (Å²) in [5.41, 5.74) is 5.32. The molecule has 0 saturated carbocycles. The zero-order valence-corrected chi connectivity index (χ0v) is 18.3. The Hall–Kier alpha value is -2.67. The first-order valence-electron chi connectivity index (χ1n) is 9.57. The van der Waals surface area contributed by atoms with Crippen LogP contribution in [0, 0.1) is 0 Å². The predicted molar refractivity (Wildman–Crippen MR) is 110 cm³/mol. The quantitative estimate of drug-likeness (QED) is 0.143. The highest BCUT2D eigenvalue weighted by Gasteiger charge is 2.28. The van der Waals surface area contributed by atoms with Crippen LogP contribution in [-0.4, -0.2) is 88.0 Å². The van der Waals surface area contributed by atoms with Crippen molar-refractivity contribution in [3.8, 4) is 0 Å². The lowest BCUT2D eigenvalue weighted by molar-refractivity contribution is -0.152. The summed E-state index contributed by atoms with van der Waals surface area (Å²) in [4.78, 5) is 69.9. The van der Waals surface area contributed by atoms with E-state index in [2.05, 4.69) is 5.32 Å². The molecular formula is C18H29N3O9S. The highest BCUT2D eigenvalue weighted by atomic mass is 32.2. The highest BCUT2D eigenvalue weighted by molar-refractivity contribution is 8.00. The van der Waals surface area contributed by atoms with Crippen LogP contribution in [0.2, 0.25) is 0 Å². The van der Waals surface area contributed by atoms with Crippen molar-refractivity contribution in [1.82, 2.24) is 10.2 Å². The lowest BCUT2D eigenvalue weighted by Gasteiger charge is -2.21. The SMILES string of the molecule is CCCCCOC(=O)C(=O)CSCC(NC(=O)CCC(N)C(=O)O)C(=O)N(C)C(=O)O. The number of Topliss-reactive ketones (excluding diaryl/α,β-unsaturated/α-hetero) is 1. The van der Waals surface area contributed by atoms with Gasteiger partial charge < -0.3 is 26.0 Å². The van der Waals surface area contributed by atoms with E-state index in [1.165, 1.54) is 0 Å². The van der Waals surface area contributed by atoms with Gasteiger partial charge in [-0.15, -0.1) is 0 Å². The van der Waals surface area contributed by atoms with E-state index in [4.69, 9.17) is 20.7 Å². The Labute approximate surface area is 183 Å². The van der Waals surface area contributed by atoms with Crippen molar-refractivity contribution in [2.24, 2.45) is 5.73 Å². The Kier molecular flexibility index (Phi) is 13.9. The second-order valence-corrected chi connectivity index (χ2v) is 7.59. The fraction of sp³-hybridized carbons (Fsp3) is 0.667. The summed E-state index contributed by atoms with van der Waals surface area (Å²) in [6.45, 7) is 2.10. The molecule has 0 rings (SSSR count). The van der Waals surface area contributed by atoms with Gasteiger partial charge in [-0.3, -0.25) is 19.2 Å². The molecule has 0 spiro atoms. The number of aliphatic carboxylic acids is 1. The van der Waals surface area contributed by atoms with Gasteiger partial charge in [-0.1, -0.05) is 19.8 Å². The molecular weight excluding hydrogens is 434 g/mol. The second-order valence-electron chi connectivity index (χ2n) is 6.56. The first kappa shape index (κ1) is 28.3. The molecule has 0 radical (unpaired) electrons. The van der Waals surface area contributed by atoms with Crippen LogP contribution in [0.3, 0.4) is 0 Å². The summed E-state index contributed by atoms with van der Waals surface area (Å²) in [7, 11) is 0.994. The number of hydrogen-bond donors (Lipinski definition) is 4. The normalized spacial score (nSPS) is 12.4. The molecule has 0 aliphatic carbocycles. The average molecular weight is 464 g/mol. The van der Waals surface area contributed by atoms with Gasteiger partial charge in [-0.25, -0.2) is 14.5 Å². The fourth-order valence-corrected chi connectivity index (χ4v) is 2.99. The van der Waals surface area contributed by atoms with E-state index in [1.807, 2.05) is 6.92 Å². The number of nitrogens with zero attached hydrogens (tertiary/aromatic N) is 1. The summed E-state index contributed by atoms with van der Waals surface area (Å²) >= 11 is 0.846. The van der Waals surface area contributed by atoms with Crippen LogP contribution < -0.4 is 11.1 Å². The smallest absolute Gasteiger partial charge is 0.413 e. The molecule has 13 heteroatoms. The third-order valence-corrected chi connectivity index (χ3v) is 5.01. The zero-order chi connectivity index (χ0) is 24.0. The van der Waals surface area contributed by atoms with Gasteiger partial charge in [0.25, 0.3) is 5.91 Å². The molecule has 0 heterocycles. The molecule has 0 saturated heterocycles. The molecule has 3 amide bonds. The molecule has 2 unspecified atom stereocenters. The molecule has 2 atom stereocenters. The summed E-state index contributed by atoms with van der Waals surface area (Å²) in [6, 6.07) is -2.58. The minimum absolute atomic E-state index is 0.127. The molecule has 0 fully saturated rings. The van der Waals surface area contributed by atoms with Gasteiger partial charge in [0, 0.05) is 19.2 Å². The Balaban J connectivity index is 4.78. The van der Waals surface area contributed by atoms with Crippen molar-refractivity contribution in [3.05, 3.63) is 0 Å². The number of likely N-dealkylation sites (N-methyl/N-ethyl adjacent to an activating group) is 1. The maximum atomic E-state index is 12.3. The van der Waals surface area contributed by atoms with E-state index in [0.717, 1.165) is 31.7 Å². The Morgan fingerprint density at radius 1 is 1.13 bits per heavy atom. The number of carbonyl (C=O) groups excluding carboxylic acids is 4. The van der Waals surface area contributed by atoms with E-state index >= 15 is 0 Å². The van der Waals surface area contributed by atoms with Gasteiger partial charge >= 0.3 is 18.0 Å². The van der Waals surface area contributed by atoms with Crippen molar-refractivity contribution in [2.45, 2.75) is 51.1 Å². The molecule has 0 aromatic heterocycles. The number of carboxylic acid groups (broad SMARTS) is 2. The van der Waals surface area contributed by atoms with Crippen molar-refractivity contribution in [1.29, 1.82) is 0 Å². The van der Waals surface area contributed by atoms with Gasteiger partial charge in [0.1, 0.15) is 12.1 Å². The average Bonchev–Trinajstić information content (AvgIpc) is 2.72. The van der Waals surface area contributed by atoms with Crippen molar-refractivity contribution < 1.29 is 43.7 Å². The molecule has 0 aromatic carbocycles. The van der Waals surface area contributed by atoms with Crippen LogP contribution >= 0.6 is 11.8 Å². The molecule has 0 aliphatic heterocycles. The highest BCUT2D eigenvalue weighted by Crippen LogP contribution is 2.08. The lowest BCUT2D eigenvalue weighted by Crippen LogP contribution is -2.50. The number of imide groups is 1. The van der Waals surface area contributed by atoms with E-state index in [9.17, 15) is 28.8 Å². The molecule has 176 valence electrons. The van der Waals surface area contributed by atoms with E-state index < -0.39 is 47.7 Å². The topological polar surface area (TPSA) is 193 Å². The molecule has 0 aromatic rings. The van der Waals surface area contributed by atoms with Gasteiger partial charge in [0.15, 0.2) is 0 Å². The number of thioether (sulfide) groups is 1. The first-order chi connectivity index (χ1) is 14.5. The largest absolute Gasteiger partial charge is 0.480 e. The number of nitrogens with two attached hydrogens (primary N) is 1. The van der Waals surface area contributed by atoms with Gasteiger partial charge in [-0.05, 0) is 12.8 Å². The fourth-order valence-electron chi connectivity index (χ4n) is 2.11. The Bertz CT molecular complexity index is 672. The minimum Gasteiger partial charge on any atom is -0.480 e. The predicted octanol–water partition coefficient (Wildman–Crippen LogP) is -0.165. The van der Waals surface area contributed by atoms with Crippen molar-refractivity contribution in [3.63, 3.8) is 0 Å². The molecule has 31 heavy (non-hydrogen) atoms. The molecule has 0 aliphatic rings. The number of unbranched alkanes of at least 4 members (excludes halogenated alkanes) is 2. The van der Waals surface area contributed by atoms with Crippen LogP contribution in [0.5, 0.6) is 0 Å². The summed E-state index contributed by atoms with van der Waals surface area (Å²) < 4.78 is 4.83. The van der Waals surface area contributed by atoms with Crippen LogP contribution in [0.1, 0.15) is 39.0 Å². The molecule has 5 N–H and O–H groups in total. The number of hydrogen-bond acceptors (Lipinski definition) is 9. The third-order valence-electron chi connectivity index (χ3n) is 3.98. The molecule has 0 bridgehead atoms. The van der Waals surface area contributed by atoms with E-state index in [-0.39, 0.29) is 31.0 Å². The van der Waals surface area contributed by atoms with E-state index in [0.29, 0.717) is 11.3 Å². The van der Waals surface area contributed by atoms with Crippen LogP contribution in [0.15, 0.2) is 0 Å². The number of rotatable bonds is 15. The number of amides is 3. The maximum absolute atomic E-state index is 12.3. The number of carboxylic acids is 1. The monoisotopic (exact) mass is 463 g/mol. The zero-order valence-electron chi connectivity index (χ0n) is 17.5. The van der Waals surface area contributed by atoms with Crippen LogP contribution in [0.4, 0.5) is 4.79 Å². The lowest BCUT2D eigenvalue weighted by atomic mass is 10.1. The Morgan fingerprint density at radius 2 is 1.77 bits per heavy atom. The maximum Gasteiger partial charge on any atom is 0.413 e. The van der Waals surface area contributed by atoms with Gasteiger partial charge in [-0.2, -0.15) is 11.8 Å². The van der Waals surface area contributed by atoms with Gasteiger partial charge in [0.05, 0.1) is 12.4 Å². The molecule has 12 nitrogen and oxygen atoms in total. The number of esters is 1. The second kappa shape index (κ2) is 15.2.